The Hall–Kier alpha value is -2.03. The molecule has 0 aliphatic carbocycles. The molecule has 0 spiro atoms. The molecule has 0 radical (unpaired) electrons. The lowest BCUT2D eigenvalue weighted by Gasteiger charge is -2.10. The van der Waals surface area contributed by atoms with Crippen molar-refractivity contribution < 1.29 is 4.42 Å². The normalized spacial score (nSPS) is 10.7. The largest absolute Gasteiger partial charge is 0.428 e. The van der Waals surface area contributed by atoms with Crippen molar-refractivity contribution in [3.63, 3.8) is 0 Å². The van der Waals surface area contributed by atoms with E-state index in [2.05, 4.69) is 0 Å². The molecule has 0 N–H and O–H groups in total. The molecule has 22 heavy (non-hydrogen) atoms. The number of halogens is 2. The summed E-state index contributed by atoms with van der Waals surface area (Å²) in [5.74, 6) is 0.563. The van der Waals surface area contributed by atoms with Crippen LogP contribution in [0.2, 0.25) is 10.0 Å². The Morgan fingerprint density at radius 2 is 1.32 bits per heavy atom. The predicted octanol–water partition coefficient (Wildman–Crippen LogP) is 5.59. The molecule has 0 aliphatic rings. The summed E-state index contributed by atoms with van der Waals surface area (Å²) in [6.45, 7) is 1.76. The summed E-state index contributed by atoms with van der Waals surface area (Å²) in [5, 5.41) is 1.27. The zero-order chi connectivity index (χ0) is 15.7. The summed E-state index contributed by atoms with van der Waals surface area (Å²) in [6, 6.07) is 16.3. The summed E-state index contributed by atoms with van der Waals surface area (Å²) in [7, 11) is 0. The van der Waals surface area contributed by atoms with E-state index in [1.807, 2.05) is 30.3 Å². The fourth-order valence-corrected chi connectivity index (χ4v) is 2.61. The second-order valence-corrected chi connectivity index (χ2v) is 5.82. The Labute approximate surface area is 137 Å². The van der Waals surface area contributed by atoms with E-state index < -0.39 is 0 Å². The van der Waals surface area contributed by atoms with E-state index >= 15 is 0 Å². The monoisotopic (exact) mass is 330 g/mol. The highest BCUT2D eigenvalue weighted by Crippen LogP contribution is 2.31. The Balaban J connectivity index is 2.27. The molecule has 1 heterocycles. The number of rotatable bonds is 2. The molecule has 0 aliphatic heterocycles. The number of aryl methyl sites for hydroxylation is 1. The van der Waals surface area contributed by atoms with E-state index in [1.54, 1.807) is 31.2 Å². The van der Waals surface area contributed by atoms with Crippen LogP contribution in [0.3, 0.4) is 0 Å². The van der Waals surface area contributed by atoms with Gasteiger partial charge in [0.05, 0.1) is 5.56 Å². The quantitative estimate of drug-likeness (QED) is 0.613. The minimum atomic E-state index is -0.368. The van der Waals surface area contributed by atoms with Crippen LogP contribution >= 0.6 is 23.2 Å². The van der Waals surface area contributed by atoms with Crippen molar-refractivity contribution in [2.75, 3.05) is 0 Å². The van der Waals surface area contributed by atoms with Crippen molar-refractivity contribution in [3.05, 3.63) is 80.8 Å². The second-order valence-electron chi connectivity index (χ2n) is 4.95. The summed E-state index contributed by atoms with van der Waals surface area (Å²) in [5.41, 5.74) is 2.64. The molecule has 0 unspecified atom stereocenters. The van der Waals surface area contributed by atoms with Crippen LogP contribution in [0.15, 0.2) is 63.8 Å². The summed E-state index contributed by atoms with van der Waals surface area (Å²) in [4.78, 5) is 12.4. The number of benzene rings is 2. The lowest BCUT2D eigenvalue weighted by atomic mass is 9.96. The molecule has 0 bridgehead atoms. The smallest absolute Gasteiger partial charge is 0.344 e. The lowest BCUT2D eigenvalue weighted by molar-refractivity contribution is 0.483. The van der Waals surface area contributed by atoms with Crippen LogP contribution in [0.25, 0.3) is 22.3 Å². The molecule has 0 atom stereocenters. The molecule has 2 aromatic carbocycles. The van der Waals surface area contributed by atoms with E-state index in [0.717, 1.165) is 16.7 Å². The van der Waals surface area contributed by atoms with Crippen molar-refractivity contribution in [2.24, 2.45) is 0 Å². The van der Waals surface area contributed by atoms with Crippen molar-refractivity contribution in [1.29, 1.82) is 0 Å². The maximum Gasteiger partial charge on any atom is 0.344 e. The third-order valence-corrected chi connectivity index (χ3v) is 3.87. The van der Waals surface area contributed by atoms with Crippen LogP contribution in [0.4, 0.5) is 0 Å². The van der Waals surface area contributed by atoms with E-state index in [0.29, 0.717) is 21.4 Å². The predicted molar refractivity (Wildman–Crippen MR) is 90.6 cm³/mol. The summed E-state index contributed by atoms with van der Waals surface area (Å²) >= 11 is 11.9. The van der Waals surface area contributed by atoms with Crippen molar-refractivity contribution >= 4 is 23.2 Å². The van der Waals surface area contributed by atoms with Crippen LogP contribution in [0.1, 0.15) is 5.76 Å². The standard InChI is InChI=1S/C18H12Cl2O2/c1-11-10-16(12-2-6-14(19)7-3-12)17(18(21)22-11)13-4-8-15(20)9-5-13/h2-10H,1H3. The van der Waals surface area contributed by atoms with E-state index in [4.69, 9.17) is 27.6 Å². The molecule has 110 valence electrons. The third kappa shape index (κ3) is 2.94. The van der Waals surface area contributed by atoms with Gasteiger partial charge in [0, 0.05) is 15.6 Å². The highest BCUT2D eigenvalue weighted by atomic mass is 35.5. The summed E-state index contributed by atoms with van der Waals surface area (Å²) in [6.07, 6.45) is 0. The van der Waals surface area contributed by atoms with Crippen LogP contribution in [0, 0.1) is 6.92 Å². The van der Waals surface area contributed by atoms with E-state index in [9.17, 15) is 4.79 Å². The maximum atomic E-state index is 12.4. The second kappa shape index (κ2) is 5.99. The van der Waals surface area contributed by atoms with Crippen LogP contribution in [-0.2, 0) is 0 Å². The summed E-state index contributed by atoms with van der Waals surface area (Å²) < 4.78 is 5.26. The van der Waals surface area contributed by atoms with Crippen LogP contribution in [-0.4, -0.2) is 0 Å². The van der Waals surface area contributed by atoms with Gasteiger partial charge in [0.2, 0.25) is 0 Å². The van der Waals surface area contributed by atoms with Crippen molar-refractivity contribution in [3.8, 4) is 22.3 Å². The SMILES string of the molecule is Cc1cc(-c2ccc(Cl)cc2)c(-c2ccc(Cl)cc2)c(=O)o1. The van der Waals surface area contributed by atoms with Gasteiger partial charge in [-0.05, 0) is 48.4 Å². The van der Waals surface area contributed by atoms with Crippen LogP contribution < -0.4 is 5.63 Å². The first-order chi connectivity index (χ1) is 10.5. The molecule has 1 aromatic heterocycles. The van der Waals surface area contributed by atoms with E-state index in [1.165, 1.54) is 0 Å². The molecule has 0 fully saturated rings. The van der Waals surface area contributed by atoms with Gasteiger partial charge < -0.3 is 4.42 Å². The van der Waals surface area contributed by atoms with Gasteiger partial charge >= 0.3 is 5.63 Å². The van der Waals surface area contributed by atoms with Gasteiger partial charge in [0.1, 0.15) is 5.76 Å². The molecule has 0 saturated heterocycles. The van der Waals surface area contributed by atoms with Gasteiger partial charge in [-0.25, -0.2) is 4.79 Å². The number of hydrogen-bond acceptors (Lipinski definition) is 2. The average Bonchev–Trinajstić information content (AvgIpc) is 2.49. The highest BCUT2D eigenvalue weighted by Gasteiger charge is 2.14. The highest BCUT2D eigenvalue weighted by molar-refractivity contribution is 6.31. The zero-order valence-electron chi connectivity index (χ0n) is 11.8. The molecule has 3 aromatic rings. The van der Waals surface area contributed by atoms with Gasteiger partial charge in [-0.2, -0.15) is 0 Å². The molecule has 0 saturated carbocycles. The third-order valence-electron chi connectivity index (χ3n) is 3.36. The fraction of sp³-hybridized carbons (Fsp3) is 0.0556. The maximum absolute atomic E-state index is 12.4. The molecule has 3 rings (SSSR count). The Morgan fingerprint density at radius 1 is 0.818 bits per heavy atom. The van der Waals surface area contributed by atoms with Gasteiger partial charge in [-0.15, -0.1) is 0 Å². The van der Waals surface area contributed by atoms with Gasteiger partial charge in [-0.1, -0.05) is 47.5 Å². The Morgan fingerprint density at radius 3 is 1.86 bits per heavy atom. The van der Waals surface area contributed by atoms with Crippen molar-refractivity contribution in [2.45, 2.75) is 6.92 Å². The van der Waals surface area contributed by atoms with E-state index in [-0.39, 0.29) is 5.63 Å². The zero-order valence-corrected chi connectivity index (χ0v) is 13.3. The first-order valence-electron chi connectivity index (χ1n) is 6.71. The average molecular weight is 331 g/mol. The first-order valence-corrected chi connectivity index (χ1v) is 7.47. The van der Waals surface area contributed by atoms with Gasteiger partial charge in [0.25, 0.3) is 0 Å². The molecule has 2 nitrogen and oxygen atoms in total. The lowest BCUT2D eigenvalue weighted by Crippen LogP contribution is -2.06. The topological polar surface area (TPSA) is 30.2 Å². The molecule has 4 heteroatoms. The first kappa shape index (κ1) is 14.9. The minimum Gasteiger partial charge on any atom is -0.428 e. The molecular weight excluding hydrogens is 319 g/mol. The Kier molecular flexibility index (Phi) is 4.06. The van der Waals surface area contributed by atoms with Gasteiger partial charge in [-0.3, -0.25) is 0 Å². The Bertz CT molecular complexity index is 863. The molecular formula is C18H12Cl2O2. The van der Waals surface area contributed by atoms with Crippen molar-refractivity contribution in [1.82, 2.24) is 0 Å². The number of hydrogen-bond donors (Lipinski definition) is 0. The van der Waals surface area contributed by atoms with Crippen LogP contribution in [0.5, 0.6) is 0 Å². The molecule has 0 amide bonds. The van der Waals surface area contributed by atoms with Gasteiger partial charge in [0.15, 0.2) is 0 Å². The fourth-order valence-electron chi connectivity index (χ4n) is 2.36. The minimum absolute atomic E-state index is 0.368.